The molecule has 0 fully saturated rings. The first kappa shape index (κ1) is 15.9. The van der Waals surface area contributed by atoms with Gasteiger partial charge in [-0.05, 0) is 0 Å². The molecule has 0 rings (SSSR count). The van der Waals surface area contributed by atoms with Crippen LogP contribution in [-0.2, 0) is 10.4 Å². The summed E-state index contributed by atoms with van der Waals surface area (Å²) in [6.45, 7) is 0. The van der Waals surface area contributed by atoms with Crippen molar-refractivity contribution < 1.29 is 22.2 Å². The van der Waals surface area contributed by atoms with E-state index in [0.717, 1.165) is 0 Å². The predicted octanol–water partition coefficient (Wildman–Crippen LogP) is -1.70. The molecule has 52 valence electrons. The van der Waals surface area contributed by atoms with E-state index in [4.69, 9.17) is 22.2 Å². The van der Waals surface area contributed by atoms with E-state index in [1.54, 1.807) is 0 Å². The van der Waals surface area contributed by atoms with Crippen molar-refractivity contribution in [2.75, 3.05) is 0 Å². The van der Waals surface area contributed by atoms with Crippen LogP contribution in [0.3, 0.4) is 0 Å². The Bertz CT molecular complexity index is 95.6. The summed E-state index contributed by atoms with van der Waals surface area (Å²) in [6, 6.07) is 0. The fraction of sp³-hybridized carbons (Fsp3) is 0. The Morgan fingerprint density at radius 1 is 1.12 bits per heavy atom. The van der Waals surface area contributed by atoms with Crippen molar-refractivity contribution in [1.29, 1.82) is 0 Å². The second-order valence-electron chi connectivity index (χ2n) is 0.448. The SMILES string of the molecule is O=S(=O)(O)O.OCl.[AlH3]. The van der Waals surface area contributed by atoms with Crippen molar-refractivity contribution in [2.24, 2.45) is 0 Å². The average molecular weight is 181 g/mol. The fourth-order valence-electron chi connectivity index (χ4n) is 0. The highest BCUT2D eigenvalue weighted by atomic mass is 35.5. The third-order valence-electron chi connectivity index (χ3n) is 0. The molecule has 0 saturated carbocycles. The molecule has 0 aromatic heterocycles. The molecule has 0 amide bonds. The lowest BCUT2D eigenvalue weighted by Gasteiger charge is -1.68. The predicted molar refractivity (Wildman–Crippen MR) is 32.2 cm³/mol. The van der Waals surface area contributed by atoms with Gasteiger partial charge in [0.1, 0.15) is 0 Å². The number of halogens is 1. The maximum absolute atomic E-state index is 8.74. The second kappa shape index (κ2) is 7.65. The summed E-state index contributed by atoms with van der Waals surface area (Å²) < 4.78 is 38.1. The van der Waals surface area contributed by atoms with Crippen LogP contribution in [0.25, 0.3) is 0 Å². The highest BCUT2D eigenvalue weighted by molar-refractivity contribution is 7.79. The zero-order chi connectivity index (χ0) is 6.50. The third kappa shape index (κ3) is 499. The Morgan fingerprint density at radius 2 is 1.12 bits per heavy atom. The summed E-state index contributed by atoms with van der Waals surface area (Å²) in [5, 5.41) is 0. The van der Waals surface area contributed by atoms with Crippen LogP contribution in [0, 0.1) is 0 Å². The normalized spacial score (nSPS) is 8.00. The summed E-state index contributed by atoms with van der Waals surface area (Å²) in [5.74, 6) is 0. The van der Waals surface area contributed by atoms with Crippen molar-refractivity contribution in [3.8, 4) is 0 Å². The van der Waals surface area contributed by atoms with E-state index < -0.39 is 10.4 Å². The van der Waals surface area contributed by atoms with Gasteiger partial charge in [-0.15, -0.1) is 0 Å². The zero-order valence-corrected chi connectivity index (χ0v) is 4.52. The van der Waals surface area contributed by atoms with Gasteiger partial charge in [0.25, 0.3) is 0 Å². The molecule has 5 nitrogen and oxygen atoms in total. The monoisotopic (exact) mass is 180 g/mol. The molecule has 3 N–H and O–H groups in total. The van der Waals surface area contributed by atoms with Crippen LogP contribution >= 0.6 is 11.9 Å². The molecule has 0 bridgehead atoms. The van der Waals surface area contributed by atoms with E-state index in [1.165, 1.54) is 0 Å². The molecule has 0 aromatic carbocycles. The van der Waals surface area contributed by atoms with Crippen molar-refractivity contribution >= 4 is 39.6 Å². The minimum absolute atomic E-state index is 0. The van der Waals surface area contributed by atoms with Gasteiger partial charge in [0.05, 0.1) is 11.9 Å². The van der Waals surface area contributed by atoms with Crippen molar-refractivity contribution in [2.45, 2.75) is 0 Å². The molecular formula is H6AlClO5S. The van der Waals surface area contributed by atoms with Crippen LogP contribution in [0.2, 0.25) is 0 Å². The summed E-state index contributed by atoms with van der Waals surface area (Å²) in [7, 11) is -4.67. The maximum Gasteiger partial charge on any atom is 0.394 e. The Morgan fingerprint density at radius 3 is 1.12 bits per heavy atom. The van der Waals surface area contributed by atoms with Crippen LogP contribution in [-0.4, -0.2) is 39.5 Å². The molecule has 0 aliphatic rings. The minimum Gasteiger partial charge on any atom is -0.295 e. The molecule has 0 saturated heterocycles. The second-order valence-corrected chi connectivity index (χ2v) is 1.34. The van der Waals surface area contributed by atoms with E-state index in [-0.39, 0.29) is 17.4 Å². The lowest BCUT2D eigenvalue weighted by Crippen LogP contribution is -1.89. The number of hydrogen-bond donors (Lipinski definition) is 3. The first-order valence-corrected chi connectivity index (χ1v) is 2.60. The smallest absolute Gasteiger partial charge is 0.295 e. The fourth-order valence-corrected chi connectivity index (χ4v) is 0. The van der Waals surface area contributed by atoms with Crippen molar-refractivity contribution in [1.82, 2.24) is 0 Å². The van der Waals surface area contributed by atoms with Gasteiger partial charge >= 0.3 is 10.4 Å². The zero-order valence-electron chi connectivity index (χ0n) is 2.94. The molecule has 8 heavy (non-hydrogen) atoms. The molecule has 8 heteroatoms. The Kier molecular flexibility index (Phi) is 15.2. The quantitative estimate of drug-likeness (QED) is 0.305. The summed E-state index contributed by atoms with van der Waals surface area (Å²) in [5.41, 5.74) is 0. The van der Waals surface area contributed by atoms with Crippen LogP contribution in [0.15, 0.2) is 0 Å². The average Bonchev–Trinajstić information content (AvgIpc) is 1.36. The first-order valence-electron chi connectivity index (χ1n) is 0.868. The number of rotatable bonds is 0. The van der Waals surface area contributed by atoms with E-state index in [2.05, 4.69) is 11.9 Å². The van der Waals surface area contributed by atoms with E-state index in [9.17, 15) is 0 Å². The molecule has 0 unspecified atom stereocenters. The van der Waals surface area contributed by atoms with Gasteiger partial charge < -0.3 is 0 Å². The highest BCUT2D eigenvalue weighted by Crippen LogP contribution is 1.59. The van der Waals surface area contributed by atoms with Crippen molar-refractivity contribution in [3.05, 3.63) is 0 Å². The lowest BCUT2D eigenvalue weighted by atomic mass is 15.8. The highest BCUT2D eigenvalue weighted by Gasteiger charge is 1.84. The summed E-state index contributed by atoms with van der Waals surface area (Å²) in [6.07, 6.45) is 0. The van der Waals surface area contributed by atoms with Crippen LogP contribution in [0.5, 0.6) is 0 Å². The lowest BCUT2D eigenvalue weighted by molar-refractivity contribution is 0.381. The maximum atomic E-state index is 8.74. The molecule has 0 atom stereocenters. The standard InChI is InChI=1S/Al.ClHO.H2O4S.3H/c;1-2;1-5(2,3)4;;;/h;2H;(H2,1,2,3,4);;;. The van der Waals surface area contributed by atoms with Crippen LogP contribution < -0.4 is 0 Å². The van der Waals surface area contributed by atoms with Gasteiger partial charge in [0.15, 0.2) is 17.4 Å². The Labute approximate surface area is 62.2 Å². The van der Waals surface area contributed by atoms with Gasteiger partial charge in [0.2, 0.25) is 0 Å². The third-order valence-corrected chi connectivity index (χ3v) is 0. The molecule has 0 aromatic rings. The largest absolute Gasteiger partial charge is 0.394 e. The van der Waals surface area contributed by atoms with Crippen LogP contribution in [0.4, 0.5) is 0 Å². The van der Waals surface area contributed by atoms with E-state index in [1.807, 2.05) is 0 Å². The molecule has 0 radical (unpaired) electrons. The van der Waals surface area contributed by atoms with Gasteiger partial charge in [0, 0.05) is 0 Å². The van der Waals surface area contributed by atoms with Gasteiger partial charge in [-0.1, -0.05) is 0 Å². The Hall–Kier alpha value is 0.652. The summed E-state index contributed by atoms with van der Waals surface area (Å²) >= 11 is 3.64. The number of hydrogen-bond acceptors (Lipinski definition) is 3. The molecule has 0 spiro atoms. The summed E-state index contributed by atoms with van der Waals surface area (Å²) in [4.78, 5) is 0. The topological polar surface area (TPSA) is 94.8 Å². The molecule has 0 aliphatic carbocycles. The van der Waals surface area contributed by atoms with Crippen LogP contribution in [0.1, 0.15) is 0 Å². The van der Waals surface area contributed by atoms with Crippen molar-refractivity contribution in [3.63, 3.8) is 0 Å². The first-order chi connectivity index (χ1) is 3.00. The van der Waals surface area contributed by atoms with E-state index in [0.29, 0.717) is 0 Å². The molecule has 0 heterocycles. The Balaban J connectivity index is -0.0000000750. The minimum atomic E-state index is -4.67. The van der Waals surface area contributed by atoms with Gasteiger partial charge in [-0.25, -0.2) is 0 Å². The van der Waals surface area contributed by atoms with Gasteiger partial charge in [-0.2, -0.15) is 8.42 Å². The van der Waals surface area contributed by atoms with E-state index >= 15 is 0 Å². The molecule has 0 aliphatic heterocycles. The molecular weight excluding hydrogens is 174 g/mol. The van der Waals surface area contributed by atoms with Gasteiger partial charge in [-0.3, -0.25) is 13.8 Å².